The first-order chi connectivity index (χ1) is 10.1. The molecule has 7 heteroatoms. The van der Waals surface area contributed by atoms with Crippen LogP contribution in [0.25, 0.3) is 5.82 Å². The Labute approximate surface area is 122 Å². The van der Waals surface area contributed by atoms with Crippen molar-refractivity contribution in [1.82, 2.24) is 14.5 Å². The Bertz CT molecular complexity index is 585. The lowest BCUT2D eigenvalue weighted by Gasteiger charge is -2.17. The zero-order valence-electron chi connectivity index (χ0n) is 11.7. The minimum atomic E-state index is -1.03. The number of carboxylic acid groups (broad SMARTS) is 1. The molecule has 2 rings (SSSR count). The van der Waals surface area contributed by atoms with E-state index in [4.69, 9.17) is 10.5 Å². The van der Waals surface area contributed by atoms with Crippen LogP contribution < -0.4 is 5.73 Å². The molecule has 0 saturated heterocycles. The zero-order chi connectivity index (χ0) is 15.2. The lowest BCUT2D eigenvalue weighted by atomic mass is 10.2. The van der Waals surface area contributed by atoms with Gasteiger partial charge in [-0.15, -0.1) is 0 Å². The van der Waals surface area contributed by atoms with E-state index in [1.807, 2.05) is 18.2 Å². The third kappa shape index (κ3) is 4.11. The number of imidazole rings is 1. The number of nitrogens with zero attached hydrogens (tertiary/aromatic N) is 3. The second kappa shape index (κ2) is 6.96. The van der Waals surface area contributed by atoms with Gasteiger partial charge in [0.15, 0.2) is 6.10 Å². The van der Waals surface area contributed by atoms with Crippen LogP contribution in [0.4, 0.5) is 0 Å². The molecule has 2 atom stereocenters. The van der Waals surface area contributed by atoms with Gasteiger partial charge in [0, 0.05) is 25.4 Å². The Hall–Kier alpha value is -2.25. The van der Waals surface area contributed by atoms with Gasteiger partial charge < -0.3 is 15.6 Å². The van der Waals surface area contributed by atoms with E-state index in [1.165, 1.54) is 0 Å². The summed E-state index contributed by atoms with van der Waals surface area (Å²) in [5.74, 6) is -0.304. The minimum absolute atomic E-state index is 0.180. The maximum Gasteiger partial charge on any atom is 0.333 e. The van der Waals surface area contributed by atoms with Gasteiger partial charge in [-0.25, -0.2) is 14.8 Å². The van der Waals surface area contributed by atoms with E-state index in [0.29, 0.717) is 5.69 Å². The summed E-state index contributed by atoms with van der Waals surface area (Å²) in [4.78, 5) is 19.6. The first-order valence-electron chi connectivity index (χ1n) is 6.62. The van der Waals surface area contributed by atoms with E-state index < -0.39 is 12.1 Å². The summed E-state index contributed by atoms with van der Waals surface area (Å²) < 4.78 is 7.13. The SMILES string of the molecule is CC(CN)OC(Cc1cn(-c2ccccn2)cn1)C(=O)O. The number of aromatic nitrogens is 3. The molecule has 0 spiro atoms. The van der Waals surface area contributed by atoms with Crippen LogP contribution in [0.3, 0.4) is 0 Å². The van der Waals surface area contributed by atoms with Gasteiger partial charge in [0.05, 0.1) is 11.8 Å². The average Bonchev–Trinajstić information content (AvgIpc) is 2.95. The molecule has 21 heavy (non-hydrogen) atoms. The van der Waals surface area contributed by atoms with Gasteiger partial charge in [-0.2, -0.15) is 0 Å². The largest absolute Gasteiger partial charge is 0.479 e. The van der Waals surface area contributed by atoms with E-state index in [-0.39, 0.29) is 19.1 Å². The quantitative estimate of drug-likeness (QED) is 0.775. The molecule has 7 nitrogen and oxygen atoms in total. The highest BCUT2D eigenvalue weighted by Gasteiger charge is 2.22. The molecule has 0 fully saturated rings. The predicted molar refractivity (Wildman–Crippen MR) is 76.1 cm³/mol. The number of aliphatic carboxylic acids is 1. The van der Waals surface area contributed by atoms with Gasteiger partial charge in [-0.1, -0.05) is 6.07 Å². The molecule has 2 aromatic heterocycles. The molecule has 3 N–H and O–H groups in total. The van der Waals surface area contributed by atoms with Crippen molar-refractivity contribution in [2.45, 2.75) is 25.6 Å². The van der Waals surface area contributed by atoms with E-state index in [0.717, 1.165) is 5.82 Å². The number of carboxylic acids is 1. The van der Waals surface area contributed by atoms with Crippen LogP contribution in [-0.2, 0) is 16.0 Å². The van der Waals surface area contributed by atoms with Gasteiger partial charge in [-0.05, 0) is 19.1 Å². The lowest BCUT2D eigenvalue weighted by Crippen LogP contribution is -2.33. The molecule has 0 aromatic carbocycles. The molecule has 0 saturated carbocycles. The van der Waals surface area contributed by atoms with Crippen LogP contribution in [-0.4, -0.2) is 44.4 Å². The van der Waals surface area contributed by atoms with Gasteiger partial charge in [0.1, 0.15) is 12.1 Å². The van der Waals surface area contributed by atoms with E-state index >= 15 is 0 Å². The Balaban J connectivity index is 2.08. The maximum absolute atomic E-state index is 11.2. The smallest absolute Gasteiger partial charge is 0.333 e. The van der Waals surface area contributed by atoms with E-state index in [1.54, 1.807) is 30.2 Å². The Morgan fingerprint density at radius 1 is 1.48 bits per heavy atom. The first kappa shape index (κ1) is 15.1. The van der Waals surface area contributed by atoms with Crippen molar-refractivity contribution >= 4 is 5.97 Å². The Morgan fingerprint density at radius 2 is 2.29 bits per heavy atom. The van der Waals surface area contributed by atoms with Crippen molar-refractivity contribution in [2.75, 3.05) is 6.54 Å². The molecule has 0 bridgehead atoms. The average molecular weight is 290 g/mol. The number of hydrogen-bond acceptors (Lipinski definition) is 5. The van der Waals surface area contributed by atoms with Crippen molar-refractivity contribution in [3.8, 4) is 5.82 Å². The summed E-state index contributed by atoms with van der Waals surface area (Å²) in [5.41, 5.74) is 6.07. The fraction of sp³-hybridized carbons (Fsp3) is 0.357. The minimum Gasteiger partial charge on any atom is -0.479 e. The van der Waals surface area contributed by atoms with Crippen molar-refractivity contribution < 1.29 is 14.6 Å². The molecule has 0 aliphatic heterocycles. The number of carbonyl (C=O) groups is 1. The standard InChI is InChI=1S/C14H18N4O3/c1-10(7-15)21-12(14(19)20)6-11-8-18(9-17-11)13-4-2-3-5-16-13/h2-5,8-10,12H,6-7,15H2,1H3,(H,19,20). The highest BCUT2D eigenvalue weighted by atomic mass is 16.5. The van der Waals surface area contributed by atoms with Crippen LogP contribution in [0.2, 0.25) is 0 Å². The second-order valence-corrected chi connectivity index (χ2v) is 4.67. The van der Waals surface area contributed by atoms with Gasteiger partial charge in [-0.3, -0.25) is 4.57 Å². The molecule has 2 heterocycles. The molecule has 0 radical (unpaired) electrons. The number of hydrogen-bond donors (Lipinski definition) is 2. The molecule has 0 aliphatic rings. The van der Waals surface area contributed by atoms with Crippen LogP contribution >= 0.6 is 0 Å². The fourth-order valence-electron chi connectivity index (χ4n) is 1.82. The number of pyridine rings is 1. The summed E-state index contributed by atoms with van der Waals surface area (Å²) in [6.07, 6.45) is 3.93. The number of nitrogens with two attached hydrogens (primary N) is 1. The predicted octanol–water partition coefficient (Wildman–Crippen LogP) is 0.627. The summed E-state index contributed by atoms with van der Waals surface area (Å²) in [5, 5.41) is 9.19. The van der Waals surface area contributed by atoms with Crippen LogP contribution in [0.5, 0.6) is 0 Å². The van der Waals surface area contributed by atoms with Crippen molar-refractivity contribution in [3.63, 3.8) is 0 Å². The molecular weight excluding hydrogens is 272 g/mol. The van der Waals surface area contributed by atoms with Crippen LogP contribution in [0.15, 0.2) is 36.9 Å². The summed E-state index contributed by atoms with van der Waals surface area (Å²) >= 11 is 0. The summed E-state index contributed by atoms with van der Waals surface area (Å²) in [6.45, 7) is 2.01. The molecule has 0 aliphatic carbocycles. The van der Waals surface area contributed by atoms with Crippen LogP contribution in [0.1, 0.15) is 12.6 Å². The van der Waals surface area contributed by atoms with Crippen molar-refractivity contribution in [2.24, 2.45) is 5.73 Å². The lowest BCUT2D eigenvalue weighted by molar-refractivity contribution is -0.153. The monoisotopic (exact) mass is 290 g/mol. The van der Waals surface area contributed by atoms with Crippen molar-refractivity contribution in [1.29, 1.82) is 0 Å². The first-order valence-corrected chi connectivity index (χ1v) is 6.62. The number of rotatable bonds is 7. The fourth-order valence-corrected chi connectivity index (χ4v) is 1.82. The molecule has 112 valence electrons. The highest BCUT2D eigenvalue weighted by Crippen LogP contribution is 2.10. The van der Waals surface area contributed by atoms with E-state index in [2.05, 4.69) is 9.97 Å². The topological polar surface area (TPSA) is 103 Å². The molecule has 2 unspecified atom stereocenters. The zero-order valence-corrected chi connectivity index (χ0v) is 11.7. The molecule has 0 amide bonds. The van der Waals surface area contributed by atoms with Gasteiger partial charge in [0.2, 0.25) is 0 Å². The highest BCUT2D eigenvalue weighted by molar-refractivity contribution is 5.72. The molecular formula is C14H18N4O3. The second-order valence-electron chi connectivity index (χ2n) is 4.67. The summed E-state index contributed by atoms with van der Waals surface area (Å²) in [6, 6.07) is 5.53. The van der Waals surface area contributed by atoms with Gasteiger partial charge >= 0.3 is 5.97 Å². The van der Waals surface area contributed by atoms with E-state index in [9.17, 15) is 9.90 Å². The van der Waals surface area contributed by atoms with Gasteiger partial charge in [0.25, 0.3) is 0 Å². The molecule has 2 aromatic rings. The third-order valence-electron chi connectivity index (χ3n) is 2.95. The summed E-state index contributed by atoms with van der Waals surface area (Å²) in [7, 11) is 0. The van der Waals surface area contributed by atoms with Crippen molar-refractivity contribution in [3.05, 3.63) is 42.6 Å². The third-order valence-corrected chi connectivity index (χ3v) is 2.95. The van der Waals surface area contributed by atoms with Crippen LogP contribution in [0, 0.1) is 0 Å². The number of ether oxygens (including phenoxy) is 1. The normalized spacial score (nSPS) is 13.8. The Morgan fingerprint density at radius 3 is 2.90 bits per heavy atom. The Kier molecular flexibility index (Phi) is 5.02. The maximum atomic E-state index is 11.2.